The van der Waals surface area contributed by atoms with Gasteiger partial charge in [0.1, 0.15) is 0 Å². The van der Waals surface area contributed by atoms with Crippen LogP contribution in [-0.4, -0.2) is 33.6 Å². The minimum Gasteiger partial charge on any atom is -0.472 e. The molecular weight excluding hydrogens is 304 g/mol. The van der Waals surface area contributed by atoms with E-state index in [9.17, 15) is 15.3 Å². The van der Waals surface area contributed by atoms with E-state index in [4.69, 9.17) is 4.42 Å². The van der Waals surface area contributed by atoms with Crippen molar-refractivity contribution < 1.29 is 19.7 Å². The zero-order chi connectivity index (χ0) is 17.6. The van der Waals surface area contributed by atoms with Crippen molar-refractivity contribution in [2.75, 3.05) is 6.61 Å². The zero-order valence-corrected chi connectivity index (χ0v) is 15.2. The minimum absolute atomic E-state index is 0.0293. The Hall–Kier alpha value is -0.840. The molecule has 3 N–H and O–H groups in total. The first kappa shape index (κ1) is 18.0. The third-order valence-corrected chi connectivity index (χ3v) is 7.40. The second kappa shape index (κ2) is 6.15. The summed E-state index contributed by atoms with van der Waals surface area (Å²) >= 11 is 0. The second-order valence-corrected chi connectivity index (χ2v) is 8.82. The number of aliphatic hydroxyl groups excluding tert-OH is 2. The Morgan fingerprint density at radius 3 is 2.67 bits per heavy atom. The first-order valence-corrected chi connectivity index (χ1v) is 9.29. The van der Waals surface area contributed by atoms with Crippen molar-refractivity contribution >= 4 is 0 Å². The summed E-state index contributed by atoms with van der Waals surface area (Å²) in [6.45, 7) is 6.34. The van der Waals surface area contributed by atoms with Gasteiger partial charge < -0.3 is 19.7 Å². The lowest BCUT2D eigenvalue weighted by Crippen LogP contribution is -2.67. The van der Waals surface area contributed by atoms with Gasteiger partial charge in [0, 0.05) is 17.9 Å². The first-order chi connectivity index (χ1) is 11.3. The quantitative estimate of drug-likeness (QED) is 0.790. The van der Waals surface area contributed by atoms with Gasteiger partial charge in [-0.15, -0.1) is 0 Å². The predicted octanol–water partition coefficient (Wildman–Crippen LogP) is 3.15. The molecule has 6 atom stereocenters. The van der Waals surface area contributed by atoms with Gasteiger partial charge in [0.15, 0.2) is 0 Å². The molecule has 2 aliphatic rings. The molecule has 0 amide bonds. The van der Waals surface area contributed by atoms with E-state index in [-0.39, 0.29) is 29.3 Å². The number of rotatable bonds is 4. The molecule has 0 aliphatic heterocycles. The van der Waals surface area contributed by atoms with Crippen LogP contribution in [0.3, 0.4) is 0 Å². The molecule has 1 heterocycles. The van der Waals surface area contributed by atoms with Crippen LogP contribution in [0.15, 0.2) is 23.0 Å². The topological polar surface area (TPSA) is 73.8 Å². The van der Waals surface area contributed by atoms with Crippen LogP contribution in [0.4, 0.5) is 0 Å². The van der Waals surface area contributed by atoms with Crippen molar-refractivity contribution in [3.8, 4) is 0 Å². The van der Waals surface area contributed by atoms with Crippen LogP contribution in [-0.2, 0) is 6.42 Å². The molecule has 1 aromatic heterocycles. The molecule has 3 rings (SSSR count). The Morgan fingerprint density at radius 2 is 2.04 bits per heavy atom. The van der Waals surface area contributed by atoms with E-state index in [1.165, 1.54) is 0 Å². The standard InChI is InChI=1S/C20H32O4/c1-14-11-16(22)17-18(2,13-21)7-4-8-19(17,3)20(14,23)9-5-15-6-10-24-12-15/h6,10,12,14,16-17,21-23H,4-5,7-9,11,13H2,1-3H3/t14-,16-,17?,18-,19+,20-/m1/s1. The summed E-state index contributed by atoms with van der Waals surface area (Å²) in [6.07, 6.45) is 7.77. The van der Waals surface area contributed by atoms with Crippen LogP contribution < -0.4 is 0 Å². The van der Waals surface area contributed by atoms with Gasteiger partial charge in [0.2, 0.25) is 0 Å². The zero-order valence-electron chi connectivity index (χ0n) is 15.2. The molecule has 0 radical (unpaired) electrons. The summed E-state index contributed by atoms with van der Waals surface area (Å²) in [5.74, 6) is -0.0454. The number of aryl methyl sites for hydroxylation is 1. The summed E-state index contributed by atoms with van der Waals surface area (Å²) in [6, 6.07) is 1.95. The van der Waals surface area contributed by atoms with Crippen molar-refractivity contribution in [3.63, 3.8) is 0 Å². The van der Waals surface area contributed by atoms with Crippen LogP contribution in [0, 0.1) is 22.7 Å². The molecule has 4 nitrogen and oxygen atoms in total. The summed E-state index contributed by atoms with van der Waals surface area (Å²) in [4.78, 5) is 0. The molecule has 2 aliphatic carbocycles. The fourth-order valence-electron chi connectivity index (χ4n) is 6.05. The normalized spacial score (nSPS) is 45.8. The molecule has 2 fully saturated rings. The molecule has 24 heavy (non-hydrogen) atoms. The lowest BCUT2D eigenvalue weighted by Gasteiger charge is -2.64. The van der Waals surface area contributed by atoms with Crippen LogP contribution in [0.2, 0.25) is 0 Å². The van der Waals surface area contributed by atoms with Crippen molar-refractivity contribution in [3.05, 3.63) is 24.2 Å². The number of hydrogen-bond acceptors (Lipinski definition) is 4. The van der Waals surface area contributed by atoms with E-state index < -0.39 is 11.7 Å². The van der Waals surface area contributed by atoms with Gasteiger partial charge in [-0.2, -0.15) is 0 Å². The fourth-order valence-corrected chi connectivity index (χ4v) is 6.05. The largest absolute Gasteiger partial charge is 0.472 e. The Labute approximate surface area is 144 Å². The maximum Gasteiger partial charge on any atom is 0.0934 e. The fraction of sp³-hybridized carbons (Fsp3) is 0.800. The SMILES string of the molecule is C[C@@H]1C[C@@H](O)C2[C@@](C)(CO)CCC[C@]2(C)[C@@]1(O)CCc1ccoc1. The molecule has 0 saturated heterocycles. The second-order valence-electron chi connectivity index (χ2n) is 8.82. The third-order valence-electron chi connectivity index (χ3n) is 7.40. The minimum atomic E-state index is -0.842. The highest BCUT2D eigenvalue weighted by molar-refractivity contribution is 5.16. The van der Waals surface area contributed by atoms with Crippen LogP contribution in [0.5, 0.6) is 0 Å². The Kier molecular flexibility index (Phi) is 4.61. The van der Waals surface area contributed by atoms with Crippen LogP contribution in [0.1, 0.15) is 58.4 Å². The van der Waals surface area contributed by atoms with Crippen LogP contribution >= 0.6 is 0 Å². The highest BCUT2D eigenvalue weighted by Gasteiger charge is 2.64. The predicted molar refractivity (Wildman–Crippen MR) is 92.4 cm³/mol. The molecule has 0 bridgehead atoms. The average Bonchev–Trinajstić information content (AvgIpc) is 3.04. The Bertz CT molecular complexity index is 556. The van der Waals surface area contributed by atoms with Crippen molar-refractivity contribution in [1.29, 1.82) is 0 Å². The van der Waals surface area contributed by atoms with Crippen molar-refractivity contribution in [2.45, 2.75) is 71.0 Å². The van der Waals surface area contributed by atoms with Gasteiger partial charge in [-0.1, -0.05) is 27.2 Å². The Balaban J connectivity index is 1.94. The smallest absolute Gasteiger partial charge is 0.0934 e. The van der Waals surface area contributed by atoms with E-state index in [2.05, 4.69) is 20.8 Å². The van der Waals surface area contributed by atoms with Crippen molar-refractivity contribution in [1.82, 2.24) is 0 Å². The molecule has 0 spiro atoms. The molecule has 4 heteroatoms. The molecule has 136 valence electrons. The summed E-state index contributed by atoms with van der Waals surface area (Å²) in [7, 11) is 0. The highest BCUT2D eigenvalue weighted by Crippen LogP contribution is 2.63. The number of aliphatic hydroxyl groups is 3. The summed E-state index contributed by atoms with van der Waals surface area (Å²) in [5.41, 5.74) is -0.451. The number of furan rings is 1. The van der Waals surface area contributed by atoms with Crippen molar-refractivity contribution in [2.24, 2.45) is 22.7 Å². The molecule has 1 aromatic rings. The maximum absolute atomic E-state index is 11.8. The van der Waals surface area contributed by atoms with E-state index in [0.29, 0.717) is 12.8 Å². The lowest BCUT2D eigenvalue weighted by molar-refractivity contribution is -0.251. The van der Waals surface area contributed by atoms with Gasteiger partial charge in [0.05, 0.1) is 24.2 Å². The van der Waals surface area contributed by atoms with Crippen LogP contribution in [0.25, 0.3) is 0 Å². The van der Waals surface area contributed by atoms with E-state index >= 15 is 0 Å². The van der Waals surface area contributed by atoms with E-state index in [1.807, 2.05) is 6.07 Å². The molecule has 2 saturated carbocycles. The molecule has 1 unspecified atom stereocenters. The van der Waals surface area contributed by atoms with E-state index in [1.54, 1.807) is 12.5 Å². The van der Waals surface area contributed by atoms with Gasteiger partial charge in [0.25, 0.3) is 0 Å². The molecule has 0 aromatic carbocycles. The lowest BCUT2D eigenvalue weighted by atomic mass is 9.43. The maximum atomic E-state index is 11.8. The summed E-state index contributed by atoms with van der Waals surface area (Å²) in [5, 5.41) is 32.7. The first-order valence-electron chi connectivity index (χ1n) is 9.29. The monoisotopic (exact) mass is 336 g/mol. The average molecular weight is 336 g/mol. The van der Waals surface area contributed by atoms with Gasteiger partial charge in [-0.3, -0.25) is 0 Å². The summed E-state index contributed by atoms with van der Waals surface area (Å²) < 4.78 is 5.16. The van der Waals surface area contributed by atoms with Gasteiger partial charge >= 0.3 is 0 Å². The van der Waals surface area contributed by atoms with Gasteiger partial charge in [-0.05, 0) is 55.1 Å². The van der Waals surface area contributed by atoms with Gasteiger partial charge in [-0.25, -0.2) is 0 Å². The molecular formula is C20H32O4. The number of fused-ring (bicyclic) bond motifs is 1. The van der Waals surface area contributed by atoms with E-state index in [0.717, 1.165) is 31.2 Å². The number of hydrogen-bond donors (Lipinski definition) is 3. The Morgan fingerprint density at radius 1 is 1.29 bits per heavy atom. The highest BCUT2D eigenvalue weighted by atomic mass is 16.3. The third kappa shape index (κ3) is 2.54.